The molecule has 0 aliphatic rings. The van der Waals surface area contributed by atoms with Crippen LogP contribution in [0.1, 0.15) is 76.0 Å². The molecule has 2 nitrogen and oxygen atoms in total. The minimum atomic E-state index is 0.432. The first-order valence-corrected chi connectivity index (χ1v) is 11.5. The molecule has 3 aromatic carbocycles. The van der Waals surface area contributed by atoms with Gasteiger partial charge in [-0.05, 0) is 47.6 Å². The number of fused-ring (bicyclic) bond motifs is 1. The molecule has 1 aromatic heterocycles. The number of benzene rings is 3. The second-order valence-corrected chi connectivity index (χ2v) is 9.58. The standard InChI is InChI=1S/C29H35N2/c1-19(2)23-17-24(20(3)4)28(25(18-23)21(5)6)31-27-16-12-11-15-26(27)30(7)29(31)22-13-9-8-10-14-22/h8-21H,1-7H3/q+1. The second-order valence-electron chi connectivity index (χ2n) is 9.58. The Morgan fingerprint density at radius 3 is 1.77 bits per heavy atom. The molecular weight excluding hydrogens is 376 g/mol. The number of aromatic nitrogens is 2. The fourth-order valence-electron chi connectivity index (χ4n) is 4.63. The van der Waals surface area contributed by atoms with E-state index < -0.39 is 0 Å². The summed E-state index contributed by atoms with van der Waals surface area (Å²) < 4.78 is 4.86. The predicted octanol–water partition coefficient (Wildman–Crippen LogP) is 7.49. The van der Waals surface area contributed by atoms with Gasteiger partial charge in [0.15, 0.2) is 11.0 Å². The van der Waals surface area contributed by atoms with Crippen LogP contribution >= 0.6 is 0 Å². The van der Waals surface area contributed by atoms with Gasteiger partial charge < -0.3 is 0 Å². The lowest BCUT2D eigenvalue weighted by Crippen LogP contribution is -2.30. The molecule has 31 heavy (non-hydrogen) atoms. The molecule has 0 aliphatic carbocycles. The van der Waals surface area contributed by atoms with E-state index in [9.17, 15) is 0 Å². The topological polar surface area (TPSA) is 8.81 Å². The van der Waals surface area contributed by atoms with Crippen molar-refractivity contribution < 1.29 is 4.57 Å². The lowest BCUT2D eigenvalue weighted by atomic mass is 9.87. The van der Waals surface area contributed by atoms with E-state index in [1.54, 1.807) is 0 Å². The molecule has 0 radical (unpaired) electrons. The summed E-state index contributed by atoms with van der Waals surface area (Å²) in [7, 11) is 2.19. The maximum Gasteiger partial charge on any atom is 0.294 e. The van der Waals surface area contributed by atoms with Crippen LogP contribution in [0.25, 0.3) is 28.1 Å². The van der Waals surface area contributed by atoms with Crippen LogP contribution in [0.4, 0.5) is 0 Å². The number of rotatable bonds is 5. The summed E-state index contributed by atoms with van der Waals surface area (Å²) in [6.45, 7) is 13.9. The predicted molar refractivity (Wildman–Crippen MR) is 132 cm³/mol. The maximum absolute atomic E-state index is 2.51. The number of para-hydroxylation sites is 2. The van der Waals surface area contributed by atoms with E-state index in [1.165, 1.54) is 44.8 Å². The van der Waals surface area contributed by atoms with Gasteiger partial charge in [0.1, 0.15) is 5.69 Å². The quantitative estimate of drug-likeness (QED) is 0.301. The van der Waals surface area contributed by atoms with Crippen molar-refractivity contribution in [3.63, 3.8) is 0 Å². The Bertz CT molecular complexity index is 1180. The van der Waals surface area contributed by atoms with Gasteiger partial charge in [-0.2, -0.15) is 4.57 Å². The van der Waals surface area contributed by atoms with Crippen LogP contribution < -0.4 is 4.57 Å². The van der Waals surface area contributed by atoms with Crippen molar-refractivity contribution in [2.75, 3.05) is 0 Å². The average molecular weight is 412 g/mol. The van der Waals surface area contributed by atoms with Crippen molar-refractivity contribution >= 4 is 11.0 Å². The molecule has 0 N–H and O–H groups in total. The van der Waals surface area contributed by atoms with Crippen molar-refractivity contribution in [3.8, 4) is 17.1 Å². The molecule has 0 saturated carbocycles. The zero-order chi connectivity index (χ0) is 22.3. The van der Waals surface area contributed by atoms with Gasteiger partial charge in [-0.15, -0.1) is 0 Å². The Morgan fingerprint density at radius 1 is 0.677 bits per heavy atom. The molecule has 0 aliphatic heterocycles. The maximum atomic E-state index is 2.51. The summed E-state index contributed by atoms with van der Waals surface area (Å²) in [5, 5.41) is 0. The summed E-state index contributed by atoms with van der Waals surface area (Å²) >= 11 is 0. The van der Waals surface area contributed by atoms with Gasteiger partial charge in [0.2, 0.25) is 0 Å². The summed E-state index contributed by atoms with van der Waals surface area (Å²) in [6, 6.07) is 24.5. The molecule has 1 heterocycles. The van der Waals surface area contributed by atoms with Crippen LogP contribution in [0, 0.1) is 0 Å². The van der Waals surface area contributed by atoms with E-state index >= 15 is 0 Å². The molecule has 4 aromatic rings. The van der Waals surface area contributed by atoms with Crippen molar-refractivity contribution in [3.05, 3.63) is 83.4 Å². The van der Waals surface area contributed by atoms with Crippen molar-refractivity contribution in [1.29, 1.82) is 0 Å². The van der Waals surface area contributed by atoms with Crippen LogP contribution in [0.15, 0.2) is 66.7 Å². The van der Waals surface area contributed by atoms with E-state index in [0.29, 0.717) is 17.8 Å². The first-order valence-electron chi connectivity index (χ1n) is 11.5. The molecule has 0 amide bonds. The minimum Gasteiger partial charge on any atom is -0.225 e. The lowest BCUT2D eigenvalue weighted by Gasteiger charge is -2.21. The fraction of sp³-hybridized carbons (Fsp3) is 0.345. The smallest absolute Gasteiger partial charge is 0.225 e. The van der Waals surface area contributed by atoms with Crippen LogP contribution in [0.2, 0.25) is 0 Å². The van der Waals surface area contributed by atoms with Gasteiger partial charge >= 0.3 is 0 Å². The monoisotopic (exact) mass is 411 g/mol. The van der Waals surface area contributed by atoms with Crippen LogP contribution in [0.5, 0.6) is 0 Å². The highest BCUT2D eigenvalue weighted by molar-refractivity contribution is 5.80. The Kier molecular flexibility index (Phi) is 5.75. The van der Waals surface area contributed by atoms with Gasteiger partial charge in [-0.25, -0.2) is 4.57 Å². The fourth-order valence-corrected chi connectivity index (χ4v) is 4.63. The van der Waals surface area contributed by atoms with Gasteiger partial charge in [0.25, 0.3) is 5.82 Å². The Balaban J connectivity index is 2.20. The highest BCUT2D eigenvalue weighted by Gasteiger charge is 2.30. The molecule has 0 fully saturated rings. The molecular formula is C29H35N2+. The van der Waals surface area contributed by atoms with E-state index in [2.05, 4.69) is 124 Å². The van der Waals surface area contributed by atoms with Crippen molar-refractivity contribution in [1.82, 2.24) is 4.57 Å². The number of hydrogen-bond donors (Lipinski definition) is 0. The molecule has 0 saturated heterocycles. The molecule has 0 atom stereocenters. The number of nitrogens with zero attached hydrogens (tertiary/aromatic N) is 2. The molecule has 0 unspecified atom stereocenters. The van der Waals surface area contributed by atoms with E-state index in [0.717, 1.165) is 0 Å². The third-order valence-corrected chi connectivity index (χ3v) is 6.37. The Labute approximate surface area is 187 Å². The van der Waals surface area contributed by atoms with E-state index in [4.69, 9.17) is 0 Å². The summed E-state index contributed by atoms with van der Waals surface area (Å²) in [4.78, 5) is 0. The van der Waals surface area contributed by atoms with Crippen LogP contribution in [-0.4, -0.2) is 4.57 Å². The Morgan fingerprint density at radius 2 is 1.23 bits per heavy atom. The summed E-state index contributed by atoms with van der Waals surface area (Å²) in [5.41, 5.74) is 9.37. The van der Waals surface area contributed by atoms with Crippen molar-refractivity contribution in [2.24, 2.45) is 7.05 Å². The van der Waals surface area contributed by atoms with Gasteiger partial charge in [0, 0.05) is 11.1 Å². The average Bonchev–Trinajstić information content (AvgIpc) is 3.05. The molecule has 160 valence electrons. The number of imidazole rings is 1. The first kappa shape index (κ1) is 21.4. The second kappa shape index (κ2) is 8.34. The zero-order valence-corrected chi connectivity index (χ0v) is 20.0. The molecule has 4 rings (SSSR count). The summed E-state index contributed by atoms with van der Waals surface area (Å²) in [5.74, 6) is 2.60. The van der Waals surface area contributed by atoms with E-state index in [1.807, 2.05) is 0 Å². The van der Waals surface area contributed by atoms with Crippen LogP contribution in [-0.2, 0) is 7.05 Å². The van der Waals surface area contributed by atoms with Crippen molar-refractivity contribution in [2.45, 2.75) is 59.3 Å². The van der Waals surface area contributed by atoms with Gasteiger partial charge in [-0.3, -0.25) is 0 Å². The van der Waals surface area contributed by atoms with E-state index in [-0.39, 0.29) is 0 Å². The number of hydrogen-bond acceptors (Lipinski definition) is 0. The van der Waals surface area contributed by atoms with Crippen LogP contribution in [0.3, 0.4) is 0 Å². The number of aryl methyl sites for hydroxylation is 1. The van der Waals surface area contributed by atoms with Gasteiger partial charge in [-0.1, -0.05) is 84.0 Å². The molecule has 2 heteroatoms. The summed E-state index contributed by atoms with van der Waals surface area (Å²) in [6.07, 6.45) is 0. The molecule has 0 bridgehead atoms. The third-order valence-electron chi connectivity index (χ3n) is 6.37. The third kappa shape index (κ3) is 3.69. The Hall–Kier alpha value is -2.87. The first-order chi connectivity index (χ1) is 14.8. The lowest BCUT2D eigenvalue weighted by molar-refractivity contribution is -0.633. The molecule has 0 spiro atoms. The highest BCUT2D eigenvalue weighted by Crippen LogP contribution is 2.38. The SMILES string of the molecule is CC(C)c1cc(C(C)C)c(-n2c(-c3ccccc3)[n+](C)c3ccccc32)c(C(C)C)c1. The highest BCUT2D eigenvalue weighted by atomic mass is 15.2. The zero-order valence-electron chi connectivity index (χ0n) is 20.0. The minimum absolute atomic E-state index is 0.432. The largest absolute Gasteiger partial charge is 0.294 e. The normalized spacial score (nSPS) is 11.9. The van der Waals surface area contributed by atoms with Gasteiger partial charge in [0.05, 0.1) is 12.6 Å².